The Morgan fingerprint density at radius 1 is 1.35 bits per heavy atom. The second-order valence-corrected chi connectivity index (χ2v) is 3.86. The van der Waals surface area contributed by atoms with Crippen molar-refractivity contribution in [2.45, 2.75) is 13.0 Å². The van der Waals surface area contributed by atoms with Gasteiger partial charge in [-0.3, -0.25) is 0 Å². The maximum absolute atomic E-state index is 13.2. The standard InChI is InChI=1S/C14H18FNO/c1-4-8-16(9-5-2)14-7-6-12(15)10-13(14)11(3)17/h4-7,10-11,17H,1-2,8-9H2,3H3/t11-/m1/s1. The summed E-state index contributed by atoms with van der Waals surface area (Å²) in [5.74, 6) is -0.346. The third-order valence-corrected chi connectivity index (χ3v) is 2.48. The van der Waals surface area contributed by atoms with Gasteiger partial charge in [0.1, 0.15) is 5.82 Å². The lowest BCUT2D eigenvalue weighted by Gasteiger charge is -2.25. The van der Waals surface area contributed by atoms with Crippen molar-refractivity contribution in [2.75, 3.05) is 18.0 Å². The highest BCUT2D eigenvalue weighted by Gasteiger charge is 2.13. The molecule has 0 unspecified atom stereocenters. The number of rotatable bonds is 6. The van der Waals surface area contributed by atoms with Crippen LogP contribution in [0.4, 0.5) is 10.1 Å². The maximum atomic E-state index is 13.2. The van der Waals surface area contributed by atoms with E-state index in [-0.39, 0.29) is 5.82 Å². The Bertz CT molecular complexity index is 391. The van der Waals surface area contributed by atoms with Crippen LogP contribution in [0.15, 0.2) is 43.5 Å². The minimum absolute atomic E-state index is 0.346. The molecule has 0 aliphatic carbocycles. The molecule has 0 amide bonds. The van der Waals surface area contributed by atoms with Gasteiger partial charge < -0.3 is 10.0 Å². The number of halogens is 1. The lowest BCUT2D eigenvalue weighted by atomic mass is 10.1. The van der Waals surface area contributed by atoms with E-state index in [4.69, 9.17) is 0 Å². The number of hydrogen-bond acceptors (Lipinski definition) is 2. The summed E-state index contributed by atoms with van der Waals surface area (Å²) in [6.45, 7) is 10.2. The number of anilines is 1. The van der Waals surface area contributed by atoms with Gasteiger partial charge >= 0.3 is 0 Å². The van der Waals surface area contributed by atoms with E-state index in [2.05, 4.69) is 13.2 Å². The van der Waals surface area contributed by atoms with Gasteiger partial charge in [-0.2, -0.15) is 0 Å². The molecule has 1 atom stereocenters. The van der Waals surface area contributed by atoms with Crippen molar-refractivity contribution in [1.82, 2.24) is 0 Å². The molecule has 0 saturated carbocycles. The van der Waals surface area contributed by atoms with E-state index in [9.17, 15) is 9.50 Å². The van der Waals surface area contributed by atoms with Crippen molar-refractivity contribution in [2.24, 2.45) is 0 Å². The molecule has 0 bridgehead atoms. The molecule has 17 heavy (non-hydrogen) atoms. The van der Waals surface area contributed by atoms with Gasteiger partial charge in [0.2, 0.25) is 0 Å². The number of hydrogen-bond donors (Lipinski definition) is 1. The molecule has 1 aromatic rings. The number of aliphatic hydroxyl groups is 1. The molecule has 0 aliphatic heterocycles. The van der Waals surface area contributed by atoms with Crippen LogP contribution in [0, 0.1) is 5.82 Å². The molecule has 1 rings (SSSR count). The zero-order valence-electron chi connectivity index (χ0n) is 10.1. The zero-order chi connectivity index (χ0) is 12.8. The molecule has 1 N–H and O–H groups in total. The number of aliphatic hydroxyl groups excluding tert-OH is 1. The smallest absolute Gasteiger partial charge is 0.123 e. The molecule has 0 fully saturated rings. The maximum Gasteiger partial charge on any atom is 0.123 e. The Kier molecular flexibility index (Phi) is 4.91. The van der Waals surface area contributed by atoms with E-state index in [0.29, 0.717) is 18.7 Å². The molecule has 0 saturated heterocycles. The summed E-state index contributed by atoms with van der Waals surface area (Å²) in [5, 5.41) is 9.67. The Morgan fingerprint density at radius 3 is 2.41 bits per heavy atom. The second kappa shape index (κ2) is 6.21. The van der Waals surface area contributed by atoms with Gasteiger partial charge in [-0.25, -0.2) is 4.39 Å². The van der Waals surface area contributed by atoms with E-state index in [1.54, 1.807) is 25.1 Å². The van der Waals surface area contributed by atoms with Crippen LogP contribution in [0.5, 0.6) is 0 Å². The van der Waals surface area contributed by atoms with Gasteiger partial charge in [0.05, 0.1) is 6.10 Å². The van der Waals surface area contributed by atoms with Crippen molar-refractivity contribution >= 4 is 5.69 Å². The van der Waals surface area contributed by atoms with E-state index in [1.807, 2.05) is 4.90 Å². The topological polar surface area (TPSA) is 23.5 Å². The molecule has 0 aromatic heterocycles. The van der Waals surface area contributed by atoms with Gasteiger partial charge in [0, 0.05) is 24.3 Å². The van der Waals surface area contributed by atoms with Crippen LogP contribution in [0.2, 0.25) is 0 Å². The molecule has 0 aliphatic rings. The van der Waals surface area contributed by atoms with E-state index >= 15 is 0 Å². The number of benzene rings is 1. The number of nitrogens with zero attached hydrogens (tertiary/aromatic N) is 1. The third kappa shape index (κ3) is 3.43. The second-order valence-electron chi connectivity index (χ2n) is 3.86. The summed E-state index contributed by atoms with van der Waals surface area (Å²) in [4.78, 5) is 1.97. The normalized spacial score (nSPS) is 11.9. The summed E-state index contributed by atoms with van der Waals surface area (Å²) in [6, 6.07) is 4.42. The quantitative estimate of drug-likeness (QED) is 0.766. The lowest BCUT2D eigenvalue weighted by molar-refractivity contribution is 0.199. The third-order valence-electron chi connectivity index (χ3n) is 2.48. The first kappa shape index (κ1) is 13.5. The van der Waals surface area contributed by atoms with Crippen LogP contribution >= 0.6 is 0 Å². The molecule has 2 nitrogen and oxygen atoms in total. The summed E-state index contributed by atoms with van der Waals surface area (Å²) in [7, 11) is 0. The van der Waals surface area contributed by atoms with Crippen LogP contribution in [-0.4, -0.2) is 18.2 Å². The first-order chi connectivity index (χ1) is 8.10. The molecule has 1 aromatic carbocycles. The van der Waals surface area contributed by atoms with Crippen LogP contribution < -0.4 is 4.90 Å². The predicted molar refractivity (Wildman–Crippen MR) is 69.6 cm³/mol. The van der Waals surface area contributed by atoms with Crippen LogP contribution in [0.25, 0.3) is 0 Å². The molecule has 3 heteroatoms. The van der Waals surface area contributed by atoms with Crippen LogP contribution in [0.1, 0.15) is 18.6 Å². The highest BCUT2D eigenvalue weighted by molar-refractivity contribution is 5.55. The van der Waals surface area contributed by atoms with Gasteiger partial charge in [-0.1, -0.05) is 12.2 Å². The van der Waals surface area contributed by atoms with Gasteiger partial charge in [0.25, 0.3) is 0 Å². The summed E-state index contributed by atoms with van der Waals surface area (Å²) >= 11 is 0. The average Bonchev–Trinajstić information content (AvgIpc) is 2.28. The fourth-order valence-electron chi connectivity index (χ4n) is 1.73. The van der Waals surface area contributed by atoms with E-state index < -0.39 is 6.10 Å². The zero-order valence-corrected chi connectivity index (χ0v) is 10.1. The lowest BCUT2D eigenvalue weighted by Crippen LogP contribution is -2.24. The predicted octanol–water partition coefficient (Wildman–Crippen LogP) is 3.06. The summed E-state index contributed by atoms with van der Waals surface area (Å²) < 4.78 is 13.2. The van der Waals surface area contributed by atoms with Gasteiger partial charge in [-0.05, 0) is 25.1 Å². The van der Waals surface area contributed by atoms with Crippen molar-refractivity contribution < 1.29 is 9.50 Å². The molecule has 92 valence electrons. The van der Waals surface area contributed by atoms with Gasteiger partial charge in [-0.15, -0.1) is 13.2 Å². The average molecular weight is 235 g/mol. The van der Waals surface area contributed by atoms with Crippen LogP contribution in [0.3, 0.4) is 0 Å². The molecule has 0 spiro atoms. The van der Waals surface area contributed by atoms with Gasteiger partial charge in [0.15, 0.2) is 0 Å². The van der Waals surface area contributed by atoms with Crippen molar-refractivity contribution in [1.29, 1.82) is 0 Å². The Labute approximate surface area is 102 Å². The summed E-state index contributed by atoms with van der Waals surface area (Å²) in [6.07, 6.45) is 2.81. The Morgan fingerprint density at radius 2 is 1.94 bits per heavy atom. The highest BCUT2D eigenvalue weighted by atomic mass is 19.1. The Balaban J connectivity index is 3.16. The first-order valence-corrected chi connectivity index (χ1v) is 5.54. The fourth-order valence-corrected chi connectivity index (χ4v) is 1.73. The Hall–Kier alpha value is -1.61. The molecule has 0 heterocycles. The molecule has 0 radical (unpaired) electrons. The van der Waals surface area contributed by atoms with Crippen molar-refractivity contribution in [3.05, 3.63) is 54.9 Å². The van der Waals surface area contributed by atoms with Crippen molar-refractivity contribution in [3.8, 4) is 0 Å². The minimum Gasteiger partial charge on any atom is -0.389 e. The van der Waals surface area contributed by atoms with Crippen molar-refractivity contribution in [3.63, 3.8) is 0 Å². The minimum atomic E-state index is -0.710. The highest BCUT2D eigenvalue weighted by Crippen LogP contribution is 2.27. The largest absolute Gasteiger partial charge is 0.389 e. The van der Waals surface area contributed by atoms with E-state index in [1.165, 1.54) is 12.1 Å². The monoisotopic (exact) mass is 235 g/mol. The fraction of sp³-hybridized carbons (Fsp3) is 0.286. The van der Waals surface area contributed by atoms with E-state index in [0.717, 1.165) is 5.69 Å². The SMILES string of the molecule is C=CCN(CC=C)c1ccc(F)cc1[C@@H](C)O. The molecular formula is C14H18FNO. The first-order valence-electron chi connectivity index (χ1n) is 5.54. The summed E-state index contributed by atoms with van der Waals surface area (Å²) in [5.41, 5.74) is 1.38. The van der Waals surface area contributed by atoms with Crippen LogP contribution in [-0.2, 0) is 0 Å². The molecular weight excluding hydrogens is 217 g/mol.